The molecule has 1 aromatic heterocycles. The van der Waals surface area contributed by atoms with E-state index >= 15 is 0 Å². The number of hydrogen-bond acceptors (Lipinski definition) is 9. The van der Waals surface area contributed by atoms with Crippen molar-refractivity contribution >= 4 is 38.7 Å². The first kappa shape index (κ1) is 26.7. The Kier molecular flexibility index (Phi) is 6.44. The summed E-state index contributed by atoms with van der Waals surface area (Å²) in [6, 6.07) is 9.21. The second kappa shape index (κ2) is 9.17. The zero-order valence-corrected chi connectivity index (χ0v) is 22.0. The first-order valence-corrected chi connectivity index (χ1v) is 12.8. The molecule has 0 saturated heterocycles. The summed E-state index contributed by atoms with van der Waals surface area (Å²) in [6.45, 7) is 3.79. The van der Waals surface area contributed by atoms with Crippen LogP contribution in [-0.4, -0.2) is 58.9 Å². The summed E-state index contributed by atoms with van der Waals surface area (Å²) in [6.07, 6.45) is 0. The van der Waals surface area contributed by atoms with E-state index < -0.39 is 43.7 Å². The lowest BCUT2D eigenvalue weighted by atomic mass is 9.94. The lowest BCUT2D eigenvalue weighted by molar-refractivity contribution is -0.384. The number of anilines is 1. The number of rotatable bonds is 7. The van der Waals surface area contributed by atoms with E-state index in [1.54, 1.807) is 6.92 Å². The van der Waals surface area contributed by atoms with Crippen LogP contribution < -0.4 is 9.04 Å². The van der Waals surface area contributed by atoms with Crippen LogP contribution in [0.5, 0.6) is 5.88 Å². The lowest BCUT2D eigenvalue weighted by Gasteiger charge is -2.36. The van der Waals surface area contributed by atoms with E-state index in [1.807, 2.05) is 0 Å². The second-order valence-electron chi connectivity index (χ2n) is 9.28. The number of non-ortho nitro benzene ring substituents is 1. The van der Waals surface area contributed by atoms with Crippen LogP contribution in [0.4, 0.5) is 11.4 Å². The number of nitro groups is 1. The fourth-order valence-corrected chi connectivity index (χ4v) is 5.67. The molecule has 0 aliphatic carbocycles. The summed E-state index contributed by atoms with van der Waals surface area (Å²) in [5, 5.41) is 15.0. The van der Waals surface area contributed by atoms with Crippen molar-refractivity contribution in [1.82, 2.24) is 9.78 Å². The van der Waals surface area contributed by atoms with E-state index in [1.165, 1.54) is 75.1 Å². The molecule has 0 amide bonds. The third kappa shape index (κ3) is 4.14. The molecule has 0 saturated carbocycles. The molecule has 0 fully saturated rings. The van der Waals surface area contributed by atoms with Crippen molar-refractivity contribution in [3.05, 3.63) is 80.5 Å². The molecule has 1 aliphatic heterocycles. The molecule has 4 rings (SSSR count). The zero-order chi connectivity index (χ0) is 28.2. The Hall–Kier alpha value is -4.39. The normalized spacial score (nSPS) is 15.6. The van der Waals surface area contributed by atoms with Crippen molar-refractivity contribution in [2.75, 3.05) is 18.0 Å². The smallest absolute Gasteiger partial charge is 0.269 e. The molecule has 0 radical (unpaired) electrons. The molecule has 2 aromatic carbocycles. The van der Waals surface area contributed by atoms with Gasteiger partial charge in [-0.2, -0.15) is 5.10 Å². The summed E-state index contributed by atoms with van der Waals surface area (Å²) in [5.74, 6) is -1.58. The maximum atomic E-state index is 13.5. The lowest BCUT2D eigenvalue weighted by Crippen LogP contribution is -2.52. The average Bonchev–Trinajstić information content (AvgIpc) is 3.16. The summed E-state index contributed by atoms with van der Waals surface area (Å²) in [7, 11) is -1.16. The van der Waals surface area contributed by atoms with Gasteiger partial charge in [-0.05, 0) is 45.0 Å². The minimum absolute atomic E-state index is 0.0127. The minimum atomic E-state index is -4.02. The Labute approximate surface area is 218 Å². The number of sulfonamides is 1. The molecular weight excluding hydrogens is 516 g/mol. The van der Waals surface area contributed by atoms with Crippen LogP contribution in [0, 0.1) is 17.0 Å². The van der Waals surface area contributed by atoms with Crippen LogP contribution in [0.3, 0.4) is 0 Å². The number of carbonyl (C=O) groups is 3. The summed E-state index contributed by atoms with van der Waals surface area (Å²) in [4.78, 5) is 49.3. The molecule has 3 aromatic rings. The highest BCUT2D eigenvalue weighted by molar-refractivity contribution is 7.95. The first-order valence-electron chi connectivity index (χ1n) is 11.3. The van der Waals surface area contributed by atoms with Crippen LogP contribution in [-0.2, 0) is 17.1 Å². The van der Waals surface area contributed by atoms with E-state index in [-0.39, 0.29) is 39.5 Å². The molecule has 38 heavy (non-hydrogen) atoms. The SMILES string of the molecule is Cc1nn(C)c(OCC(=O)c2ccc([N+](=O)[O-])cc2)c1C(=O)c1ccc2c(c1)N(C)S(=O)(=O)C(C)(C)C2=O. The molecule has 12 nitrogen and oxygen atoms in total. The number of ether oxygens (including phenoxy) is 1. The van der Waals surface area contributed by atoms with E-state index in [9.17, 15) is 32.9 Å². The predicted octanol–water partition coefficient (Wildman–Crippen LogP) is 2.87. The van der Waals surface area contributed by atoms with Gasteiger partial charge in [-0.1, -0.05) is 6.07 Å². The highest BCUT2D eigenvalue weighted by Crippen LogP contribution is 2.39. The van der Waals surface area contributed by atoms with E-state index in [4.69, 9.17) is 4.74 Å². The number of Topliss-reactive ketones (excluding diaryl/α,β-unsaturated/α-hetero) is 2. The van der Waals surface area contributed by atoms with Crippen LogP contribution in [0.2, 0.25) is 0 Å². The summed E-state index contributed by atoms with van der Waals surface area (Å²) < 4.78 is 32.1. The Morgan fingerprint density at radius 3 is 2.29 bits per heavy atom. The number of fused-ring (bicyclic) bond motifs is 1. The highest BCUT2D eigenvalue weighted by Gasteiger charge is 2.50. The Morgan fingerprint density at radius 2 is 1.68 bits per heavy atom. The fourth-order valence-electron chi connectivity index (χ4n) is 4.23. The number of carbonyl (C=O) groups excluding carboxylic acids is 3. The number of nitrogens with zero attached hydrogens (tertiary/aromatic N) is 4. The Balaban J connectivity index is 1.64. The average molecular weight is 541 g/mol. The second-order valence-corrected chi connectivity index (χ2v) is 11.8. The van der Waals surface area contributed by atoms with Gasteiger partial charge in [-0.15, -0.1) is 0 Å². The van der Waals surface area contributed by atoms with Crippen molar-refractivity contribution in [3.8, 4) is 5.88 Å². The van der Waals surface area contributed by atoms with Crippen LogP contribution in [0.15, 0.2) is 42.5 Å². The van der Waals surface area contributed by atoms with Crippen molar-refractivity contribution < 1.29 is 32.5 Å². The number of aryl methyl sites for hydroxylation is 2. The number of hydrogen-bond donors (Lipinski definition) is 0. The topological polar surface area (TPSA) is 159 Å². The summed E-state index contributed by atoms with van der Waals surface area (Å²) in [5.41, 5.74) is 0.763. The first-order chi connectivity index (χ1) is 17.7. The molecule has 0 N–H and O–H groups in total. The van der Waals surface area contributed by atoms with Gasteiger partial charge in [0, 0.05) is 42.9 Å². The summed E-state index contributed by atoms with van der Waals surface area (Å²) >= 11 is 0. The van der Waals surface area contributed by atoms with Crippen molar-refractivity contribution in [2.45, 2.75) is 25.5 Å². The molecule has 13 heteroatoms. The van der Waals surface area contributed by atoms with Crippen molar-refractivity contribution in [1.29, 1.82) is 0 Å². The number of aromatic nitrogens is 2. The van der Waals surface area contributed by atoms with Crippen LogP contribution in [0.1, 0.15) is 56.2 Å². The van der Waals surface area contributed by atoms with Gasteiger partial charge in [-0.25, -0.2) is 13.1 Å². The monoisotopic (exact) mass is 540 g/mol. The van der Waals surface area contributed by atoms with Gasteiger partial charge in [0.15, 0.2) is 24.0 Å². The highest BCUT2D eigenvalue weighted by atomic mass is 32.2. The maximum Gasteiger partial charge on any atom is 0.269 e. The minimum Gasteiger partial charge on any atom is -0.469 e. The number of ketones is 3. The van der Waals surface area contributed by atoms with Crippen LogP contribution in [0.25, 0.3) is 0 Å². The molecule has 1 aliphatic rings. The largest absolute Gasteiger partial charge is 0.469 e. The van der Waals surface area contributed by atoms with E-state index in [2.05, 4.69) is 5.10 Å². The standard InChI is InChI=1S/C25H24N4O8S/c1-14-21(24(27(4)26-14)37-13-20(30)15-6-9-17(10-7-15)29(33)34)22(31)16-8-11-18-19(12-16)28(5)38(35,36)25(2,3)23(18)32/h6-12H,13H2,1-5H3. The molecule has 0 unspecified atom stereocenters. The fraction of sp³-hybridized carbons (Fsp3) is 0.280. The molecule has 2 heterocycles. The molecular formula is C25H24N4O8S. The van der Waals surface area contributed by atoms with Gasteiger partial charge in [0.05, 0.1) is 16.3 Å². The predicted molar refractivity (Wildman–Crippen MR) is 136 cm³/mol. The quantitative estimate of drug-likeness (QED) is 0.249. The molecule has 0 atom stereocenters. The van der Waals surface area contributed by atoms with E-state index in [0.717, 1.165) is 4.31 Å². The van der Waals surface area contributed by atoms with E-state index in [0.29, 0.717) is 5.69 Å². The van der Waals surface area contributed by atoms with Gasteiger partial charge in [0.25, 0.3) is 5.69 Å². The van der Waals surface area contributed by atoms with Gasteiger partial charge >= 0.3 is 0 Å². The molecule has 198 valence electrons. The third-order valence-electron chi connectivity index (χ3n) is 6.53. The van der Waals surface area contributed by atoms with Gasteiger partial charge < -0.3 is 4.74 Å². The van der Waals surface area contributed by atoms with Crippen molar-refractivity contribution in [3.63, 3.8) is 0 Å². The number of nitro benzene ring substituents is 1. The number of benzene rings is 2. The van der Waals surface area contributed by atoms with Crippen LogP contribution >= 0.6 is 0 Å². The van der Waals surface area contributed by atoms with Gasteiger partial charge in [0.2, 0.25) is 15.9 Å². The zero-order valence-electron chi connectivity index (χ0n) is 21.2. The Bertz CT molecular complexity index is 1620. The van der Waals surface area contributed by atoms with Gasteiger partial charge in [-0.3, -0.25) is 28.8 Å². The van der Waals surface area contributed by atoms with Gasteiger partial charge in [0.1, 0.15) is 10.3 Å². The third-order valence-corrected chi connectivity index (χ3v) is 8.93. The molecule has 0 spiro atoms. The van der Waals surface area contributed by atoms with Crippen molar-refractivity contribution in [2.24, 2.45) is 7.05 Å². The maximum absolute atomic E-state index is 13.5. The molecule has 0 bridgehead atoms. The Morgan fingerprint density at radius 1 is 1.08 bits per heavy atom.